The van der Waals surface area contributed by atoms with Crippen molar-refractivity contribution in [2.45, 2.75) is 13.3 Å². The number of rotatable bonds is 3. The minimum Gasteiger partial charge on any atom is -0.384 e. The molecule has 0 aromatic heterocycles. The lowest BCUT2D eigenvalue weighted by Crippen LogP contribution is -2.48. The number of carbonyl (C=O) groups is 1. The fraction of sp³-hybridized carbons (Fsp3) is 0.500. The molecule has 2 heterocycles. The normalized spacial score (nSPS) is 19.6. The van der Waals surface area contributed by atoms with Gasteiger partial charge in [-0.2, -0.15) is 0 Å². The Balaban J connectivity index is 1.65. The zero-order valence-electron chi connectivity index (χ0n) is 10.6. The summed E-state index contributed by atoms with van der Waals surface area (Å²) in [6, 6.07) is 5.89. The number of hydrogen-bond acceptors (Lipinski definition) is 3. The molecule has 4 heteroatoms. The summed E-state index contributed by atoms with van der Waals surface area (Å²) in [4.78, 5) is 12.1. The molecule has 0 atom stereocenters. The minimum atomic E-state index is -0.000347. The van der Waals surface area contributed by atoms with Gasteiger partial charge in [-0.3, -0.25) is 4.79 Å². The number of amides is 1. The predicted octanol–water partition coefficient (Wildman–Crippen LogP) is 1.42. The Morgan fingerprint density at radius 2 is 2.33 bits per heavy atom. The van der Waals surface area contributed by atoms with E-state index >= 15 is 0 Å². The summed E-state index contributed by atoms with van der Waals surface area (Å²) in [6.07, 6.45) is 1.05. The van der Waals surface area contributed by atoms with E-state index < -0.39 is 0 Å². The molecule has 2 N–H and O–H groups in total. The van der Waals surface area contributed by atoms with Crippen LogP contribution in [0.4, 0.5) is 5.69 Å². The highest BCUT2D eigenvalue weighted by Gasteiger charge is 2.33. The van der Waals surface area contributed by atoms with Crippen molar-refractivity contribution in [2.24, 2.45) is 5.41 Å². The summed E-state index contributed by atoms with van der Waals surface area (Å²) >= 11 is 0. The molecule has 0 saturated carbocycles. The molecule has 96 valence electrons. The maximum atomic E-state index is 12.1. The van der Waals surface area contributed by atoms with Crippen molar-refractivity contribution >= 4 is 11.6 Å². The van der Waals surface area contributed by atoms with Gasteiger partial charge in [0.15, 0.2) is 0 Å². The maximum Gasteiger partial charge on any atom is 0.251 e. The highest BCUT2D eigenvalue weighted by Crippen LogP contribution is 2.26. The SMILES string of the molecule is CC1(CNC(=O)c2ccc3c(c2)NCC3)COC1. The molecule has 0 spiro atoms. The first-order chi connectivity index (χ1) is 8.66. The quantitative estimate of drug-likeness (QED) is 0.848. The number of benzene rings is 1. The van der Waals surface area contributed by atoms with E-state index in [2.05, 4.69) is 17.6 Å². The average Bonchev–Trinajstić information content (AvgIpc) is 2.80. The van der Waals surface area contributed by atoms with Crippen LogP contribution in [-0.2, 0) is 11.2 Å². The van der Waals surface area contributed by atoms with Crippen molar-refractivity contribution in [1.82, 2.24) is 5.32 Å². The largest absolute Gasteiger partial charge is 0.384 e. The molecule has 0 aliphatic carbocycles. The van der Waals surface area contributed by atoms with E-state index in [0.717, 1.165) is 37.4 Å². The van der Waals surface area contributed by atoms with Crippen LogP contribution < -0.4 is 10.6 Å². The Hall–Kier alpha value is -1.55. The first kappa shape index (κ1) is 11.5. The molecule has 1 saturated heterocycles. The second kappa shape index (κ2) is 4.28. The van der Waals surface area contributed by atoms with Crippen LogP contribution in [0.2, 0.25) is 0 Å². The van der Waals surface area contributed by atoms with E-state index in [0.29, 0.717) is 6.54 Å². The molecule has 1 amide bonds. The third kappa shape index (κ3) is 2.08. The molecule has 3 rings (SSSR count). The van der Waals surface area contributed by atoms with Crippen LogP contribution in [0.5, 0.6) is 0 Å². The molecular weight excluding hydrogens is 228 g/mol. The molecule has 1 aromatic rings. The first-order valence-corrected chi connectivity index (χ1v) is 6.39. The smallest absolute Gasteiger partial charge is 0.251 e. The molecule has 0 bridgehead atoms. The van der Waals surface area contributed by atoms with Crippen LogP contribution in [-0.4, -0.2) is 32.2 Å². The first-order valence-electron chi connectivity index (χ1n) is 6.39. The summed E-state index contributed by atoms with van der Waals surface area (Å²) in [6.45, 7) is 5.24. The maximum absolute atomic E-state index is 12.1. The molecule has 1 fully saturated rings. The van der Waals surface area contributed by atoms with Crippen molar-refractivity contribution in [3.8, 4) is 0 Å². The number of carbonyl (C=O) groups excluding carboxylic acids is 1. The lowest BCUT2D eigenvalue weighted by atomic mass is 9.88. The Morgan fingerprint density at radius 1 is 1.50 bits per heavy atom. The predicted molar refractivity (Wildman–Crippen MR) is 69.9 cm³/mol. The summed E-state index contributed by atoms with van der Waals surface area (Å²) in [5.74, 6) is -0.000347. The summed E-state index contributed by atoms with van der Waals surface area (Å²) in [7, 11) is 0. The van der Waals surface area contributed by atoms with Crippen LogP contribution in [0, 0.1) is 5.41 Å². The van der Waals surface area contributed by atoms with Gasteiger partial charge in [0.1, 0.15) is 0 Å². The minimum absolute atomic E-state index is 0.000347. The van der Waals surface area contributed by atoms with Crippen LogP contribution in [0.15, 0.2) is 18.2 Å². The van der Waals surface area contributed by atoms with Crippen LogP contribution >= 0.6 is 0 Å². The molecule has 1 aromatic carbocycles. The van der Waals surface area contributed by atoms with Crippen molar-refractivity contribution in [3.63, 3.8) is 0 Å². The second-order valence-corrected chi connectivity index (χ2v) is 5.53. The average molecular weight is 246 g/mol. The van der Waals surface area contributed by atoms with E-state index in [4.69, 9.17) is 4.74 Å². The van der Waals surface area contributed by atoms with Crippen molar-refractivity contribution in [3.05, 3.63) is 29.3 Å². The number of ether oxygens (including phenoxy) is 1. The van der Waals surface area contributed by atoms with Crippen molar-refractivity contribution in [2.75, 3.05) is 31.6 Å². The zero-order chi connectivity index (χ0) is 12.6. The molecule has 0 unspecified atom stereocenters. The van der Waals surface area contributed by atoms with Crippen molar-refractivity contribution < 1.29 is 9.53 Å². The monoisotopic (exact) mass is 246 g/mol. The van der Waals surface area contributed by atoms with Gasteiger partial charge < -0.3 is 15.4 Å². The number of fused-ring (bicyclic) bond motifs is 1. The van der Waals surface area contributed by atoms with Gasteiger partial charge in [-0.05, 0) is 24.1 Å². The molecule has 2 aliphatic heterocycles. The van der Waals surface area contributed by atoms with Crippen LogP contribution in [0.25, 0.3) is 0 Å². The van der Waals surface area contributed by atoms with Gasteiger partial charge >= 0.3 is 0 Å². The Kier molecular flexibility index (Phi) is 2.74. The Labute approximate surface area is 107 Å². The Morgan fingerprint density at radius 3 is 3.06 bits per heavy atom. The Bertz CT molecular complexity index is 481. The summed E-state index contributed by atoms with van der Waals surface area (Å²) in [5, 5.41) is 6.28. The highest BCUT2D eigenvalue weighted by atomic mass is 16.5. The molecule has 18 heavy (non-hydrogen) atoms. The highest BCUT2D eigenvalue weighted by molar-refractivity contribution is 5.95. The fourth-order valence-corrected chi connectivity index (χ4v) is 2.38. The third-order valence-corrected chi connectivity index (χ3v) is 3.66. The molecule has 0 radical (unpaired) electrons. The van der Waals surface area contributed by atoms with Crippen LogP contribution in [0.1, 0.15) is 22.8 Å². The topological polar surface area (TPSA) is 50.4 Å². The van der Waals surface area contributed by atoms with E-state index in [1.807, 2.05) is 18.2 Å². The van der Waals surface area contributed by atoms with Crippen molar-refractivity contribution in [1.29, 1.82) is 0 Å². The van der Waals surface area contributed by atoms with E-state index in [9.17, 15) is 4.79 Å². The lowest BCUT2D eigenvalue weighted by Gasteiger charge is -2.38. The number of hydrogen-bond donors (Lipinski definition) is 2. The summed E-state index contributed by atoms with van der Waals surface area (Å²) < 4.78 is 5.18. The standard InChI is InChI=1S/C14H18N2O2/c1-14(8-18-9-14)7-16-13(17)11-3-2-10-4-5-15-12(10)6-11/h2-3,6,15H,4-5,7-9H2,1H3,(H,16,17). The molecular formula is C14H18N2O2. The van der Waals surface area contributed by atoms with Gasteiger partial charge in [0, 0.05) is 29.8 Å². The molecule has 2 aliphatic rings. The van der Waals surface area contributed by atoms with Crippen LogP contribution in [0.3, 0.4) is 0 Å². The second-order valence-electron chi connectivity index (χ2n) is 5.53. The van der Waals surface area contributed by atoms with E-state index in [-0.39, 0.29) is 11.3 Å². The van der Waals surface area contributed by atoms with Gasteiger partial charge in [-0.15, -0.1) is 0 Å². The molecule has 4 nitrogen and oxygen atoms in total. The lowest BCUT2D eigenvalue weighted by molar-refractivity contribution is -0.0978. The van der Waals surface area contributed by atoms with E-state index in [1.54, 1.807) is 0 Å². The zero-order valence-corrected chi connectivity index (χ0v) is 10.6. The number of nitrogens with one attached hydrogen (secondary N) is 2. The fourth-order valence-electron chi connectivity index (χ4n) is 2.38. The van der Waals surface area contributed by atoms with E-state index in [1.165, 1.54) is 5.56 Å². The van der Waals surface area contributed by atoms with Gasteiger partial charge in [-0.1, -0.05) is 13.0 Å². The summed E-state index contributed by atoms with van der Waals surface area (Å²) in [5.41, 5.74) is 3.24. The van der Waals surface area contributed by atoms with Gasteiger partial charge in [0.25, 0.3) is 5.91 Å². The van der Waals surface area contributed by atoms with Gasteiger partial charge in [0.05, 0.1) is 13.2 Å². The van der Waals surface area contributed by atoms with Gasteiger partial charge in [0.2, 0.25) is 0 Å². The number of anilines is 1. The van der Waals surface area contributed by atoms with Gasteiger partial charge in [-0.25, -0.2) is 0 Å². The third-order valence-electron chi connectivity index (χ3n) is 3.66.